The zero-order chi connectivity index (χ0) is 24.3. The summed E-state index contributed by atoms with van der Waals surface area (Å²) in [6.07, 6.45) is 4.08. The van der Waals surface area contributed by atoms with Gasteiger partial charge in [-0.2, -0.15) is 0 Å². The first kappa shape index (κ1) is 25.0. The molecular formula is C28H35NO4S. The van der Waals surface area contributed by atoms with E-state index in [-0.39, 0.29) is 5.91 Å². The number of carbonyl (C=O) groups is 1. The van der Waals surface area contributed by atoms with Crippen molar-refractivity contribution in [3.8, 4) is 0 Å². The van der Waals surface area contributed by atoms with Crippen molar-refractivity contribution >= 4 is 17.7 Å². The number of carbonyl (C=O) groups excluding carboxylic acids is 1. The molecule has 0 aromatic heterocycles. The smallest absolute Gasteiger partial charge is 0.217 e. The number of hydrogen-bond donors (Lipinski definition) is 2. The molecule has 2 aliphatic rings. The van der Waals surface area contributed by atoms with Gasteiger partial charge in [-0.25, -0.2) is 0 Å². The molecule has 182 valence electrons. The number of nitrogens with one attached hydrogen (secondary N) is 1. The van der Waals surface area contributed by atoms with Crippen molar-refractivity contribution in [3.63, 3.8) is 0 Å². The average molecular weight is 482 g/mol. The normalized spacial score (nSPS) is 22.1. The Bertz CT molecular complexity index is 1020. The molecule has 0 saturated carbocycles. The van der Waals surface area contributed by atoms with Crippen molar-refractivity contribution in [2.45, 2.75) is 69.6 Å². The summed E-state index contributed by atoms with van der Waals surface area (Å²) in [5, 5.41) is 14.2. The fraction of sp³-hybridized carbons (Fsp3) is 0.464. The summed E-state index contributed by atoms with van der Waals surface area (Å²) < 4.78 is 11.7. The number of rotatable bonds is 7. The first-order valence-corrected chi connectivity index (χ1v) is 12.8. The lowest BCUT2D eigenvalue weighted by Crippen LogP contribution is -2.60. The van der Waals surface area contributed by atoms with Gasteiger partial charge in [0.2, 0.25) is 5.91 Å². The summed E-state index contributed by atoms with van der Waals surface area (Å²) in [5.74, 6) is -0.695. The van der Waals surface area contributed by atoms with Crippen molar-refractivity contribution in [1.29, 1.82) is 0 Å². The molecule has 2 aromatic carbocycles. The number of aliphatic hydroxyl groups excluding tert-OH is 1. The van der Waals surface area contributed by atoms with Crippen molar-refractivity contribution in [2.75, 3.05) is 13.2 Å². The van der Waals surface area contributed by atoms with E-state index in [9.17, 15) is 9.90 Å². The van der Waals surface area contributed by atoms with Crippen LogP contribution in [0.1, 0.15) is 67.2 Å². The number of aliphatic hydroxyl groups is 1. The minimum absolute atomic E-state index is 0.0726. The minimum Gasteiger partial charge on any atom is -0.383 e. The highest BCUT2D eigenvalue weighted by Gasteiger charge is 2.40. The van der Waals surface area contributed by atoms with Crippen LogP contribution in [0.3, 0.4) is 0 Å². The number of hydrogen-bond acceptors (Lipinski definition) is 5. The summed E-state index contributed by atoms with van der Waals surface area (Å²) in [5.41, 5.74) is 4.10. The van der Waals surface area contributed by atoms with E-state index in [2.05, 4.69) is 42.6 Å². The molecule has 34 heavy (non-hydrogen) atoms. The highest BCUT2D eigenvalue weighted by molar-refractivity contribution is 8.03. The van der Waals surface area contributed by atoms with E-state index >= 15 is 0 Å². The lowest BCUT2D eigenvalue weighted by atomic mass is 9.91. The molecular weight excluding hydrogens is 446 g/mol. The second kappa shape index (κ2) is 10.2. The molecule has 2 atom stereocenters. The Morgan fingerprint density at radius 1 is 1.12 bits per heavy atom. The summed E-state index contributed by atoms with van der Waals surface area (Å²) in [7, 11) is 0. The van der Waals surface area contributed by atoms with Gasteiger partial charge in [0.05, 0.1) is 18.8 Å². The van der Waals surface area contributed by atoms with Crippen LogP contribution < -0.4 is 5.32 Å². The van der Waals surface area contributed by atoms with Crippen LogP contribution in [0, 0.1) is 6.92 Å². The minimum atomic E-state index is -0.623. The summed E-state index contributed by atoms with van der Waals surface area (Å²) in [6, 6.07) is 16.8. The van der Waals surface area contributed by atoms with Gasteiger partial charge in [-0.05, 0) is 56.7 Å². The molecule has 2 heterocycles. The van der Waals surface area contributed by atoms with Crippen molar-refractivity contribution in [1.82, 2.24) is 5.32 Å². The number of allylic oxidation sites excluding steroid dienone is 1. The third-order valence-electron chi connectivity index (χ3n) is 6.55. The standard InChI is InChI=1S/C28H35NO4S/c1-19-5-9-23(10-6-19)26(31)25-14-13-24(34-25)22-11-7-21(8-12-22)15-16-28(29-20(2)30)17-32-27(3,4)33-18-28/h5-12,14,24,26,31H,13,15-18H2,1-4H3,(H,29,30). The van der Waals surface area contributed by atoms with Crippen LogP contribution in [0.4, 0.5) is 0 Å². The summed E-state index contributed by atoms with van der Waals surface area (Å²) >= 11 is 1.75. The first-order chi connectivity index (χ1) is 16.1. The number of ether oxygens (including phenoxy) is 2. The molecule has 0 bridgehead atoms. The fourth-order valence-electron chi connectivity index (χ4n) is 4.42. The molecule has 2 unspecified atom stereocenters. The average Bonchev–Trinajstić information content (AvgIpc) is 3.30. The lowest BCUT2D eigenvalue weighted by Gasteiger charge is -2.43. The maximum atomic E-state index is 11.8. The molecule has 1 saturated heterocycles. The van der Waals surface area contributed by atoms with Crippen molar-refractivity contribution < 1.29 is 19.4 Å². The van der Waals surface area contributed by atoms with E-state index < -0.39 is 17.4 Å². The quantitative estimate of drug-likeness (QED) is 0.556. The van der Waals surface area contributed by atoms with Gasteiger partial charge in [-0.1, -0.05) is 60.2 Å². The molecule has 6 heteroatoms. The van der Waals surface area contributed by atoms with Gasteiger partial charge in [0.1, 0.15) is 6.10 Å². The van der Waals surface area contributed by atoms with E-state index in [1.807, 2.05) is 38.1 Å². The maximum absolute atomic E-state index is 11.8. The van der Waals surface area contributed by atoms with Gasteiger partial charge in [0.15, 0.2) is 5.79 Å². The van der Waals surface area contributed by atoms with Gasteiger partial charge in [0.25, 0.3) is 0 Å². The van der Waals surface area contributed by atoms with Gasteiger partial charge < -0.3 is 19.9 Å². The Kier molecular flexibility index (Phi) is 7.53. The Labute approximate surface area is 206 Å². The molecule has 0 aliphatic carbocycles. The van der Waals surface area contributed by atoms with E-state index in [1.54, 1.807) is 11.8 Å². The summed E-state index contributed by atoms with van der Waals surface area (Å²) in [4.78, 5) is 12.8. The Morgan fingerprint density at radius 3 is 2.38 bits per heavy atom. The number of aryl methyl sites for hydroxylation is 2. The Morgan fingerprint density at radius 2 is 1.76 bits per heavy atom. The highest BCUT2D eigenvalue weighted by Crippen LogP contribution is 2.48. The lowest BCUT2D eigenvalue weighted by molar-refractivity contribution is -0.271. The molecule has 0 radical (unpaired) electrons. The van der Waals surface area contributed by atoms with Crippen LogP contribution in [0.2, 0.25) is 0 Å². The topological polar surface area (TPSA) is 67.8 Å². The molecule has 1 fully saturated rings. The monoisotopic (exact) mass is 481 g/mol. The number of thioether (sulfide) groups is 1. The maximum Gasteiger partial charge on any atom is 0.217 e. The fourth-order valence-corrected chi connectivity index (χ4v) is 5.69. The molecule has 2 N–H and O–H groups in total. The van der Waals surface area contributed by atoms with Crippen LogP contribution >= 0.6 is 11.8 Å². The van der Waals surface area contributed by atoms with Crippen LogP contribution in [0.15, 0.2) is 59.5 Å². The number of amides is 1. The zero-order valence-corrected chi connectivity index (χ0v) is 21.3. The SMILES string of the molecule is CC(=O)NC1(CCc2ccc(C3CC=C(C(O)c4ccc(C)cc4)S3)cc2)COC(C)(C)OC1. The van der Waals surface area contributed by atoms with Gasteiger partial charge in [-0.15, -0.1) is 11.8 Å². The third-order valence-corrected chi connectivity index (χ3v) is 7.96. The largest absolute Gasteiger partial charge is 0.383 e. The van der Waals surface area contributed by atoms with Gasteiger partial charge in [-0.3, -0.25) is 4.79 Å². The predicted octanol–water partition coefficient (Wildman–Crippen LogP) is 5.38. The molecule has 5 nitrogen and oxygen atoms in total. The van der Waals surface area contributed by atoms with Gasteiger partial charge >= 0.3 is 0 Å². The highest BCUT2D eigenvalue weighted by atomic mass is 32.2. The van der Waals surface area contributed by atoms with Crippen molar-refractivity contribution in [3.05, 3.63) is 81.8 Å². The third kappa shape index (κ3) is 6.11. The van der Waals surface area contributed by atoms with E-state index in [0.29, 0.717) is 18.5 Å². The van der Waals surface area contributed by atoms with Crippen LogP contribution in [-0.4, -0.2) is 35.6 Å². The second-order valence-electron chi connectivity index (χ2n) is 9.94. The van der Waals surface area contributed by atoms with Crippen molar-refractivity contribution in [2.24, 2.45) is 0 Å². The zero-order valence-electron chi connectivity index (χ0n) is 20.5. The molecule has 1 amide bonds. The predicted molar refractivity (Wildman–Crippen MR) is 136 cm³/mol. The Balaban J connectivity index is 1.34. The van der Waals surface area contributed by atoms with E-state index in [0.717, 1.165) is 29.7 Å². The van der Waals surface area contributed by atoms with Gasteiger partial charge in [0, 0.05) is 17.1 Å². The molecule has 4 rings (SSSR count). The first-order valence-electron chi connectivity index (χ1n) is 11.9. The van der Waals surface area contributed by atoms with E-state index in [1.165, 1.54) is 23.6 Å². The van der Waals surface area contributed by atoms with Crippen LogP contribution in [0.5, 0.6) is 0 Å². The molecule has 2 aliphatic heterocycles. The van der Waals surface area contributed by atoms with E-state index in [4.69, 9.17) is 9.47 Å². The summed E-state index contributed by atoms with van der Waals surface area (Å²) in [6.45, 7) is 8.25. The number of benzene rings is 2. The molecule has 2 aromatic rings. The Hall–Kier alpha value is -2.12. The molecule has 0 spiro atoms. The van der Waals surface area contributed by atoms with Crippen LogP contribution in [-0.2, 0) is 20.7 Å². The second-order valence-corrected chi connectivity index (χ2v) is 11.2. The van der Waals surface area contributed by atoms with Crippen LogP contribution in [0.25, 0.3) is 0 Å².